The minimum absolute atomic E-state index is 1.13. The molecule has 0 aromatic heterocycles. The van der Waals surface area contributed by atoms with Gasteiger partial charge in [-0.15, -0.1) is 0 Å². The van der Waals surface area contributed by atoms with E-state index in [-0.39, 0.29) is 0 Å². The van der Waals surface area contributed by atoms with Gasteiger partial charge in [0.1, 0.15) is 0 Å². The van der Waals surface area contributed by atoms with Crippen molar-refractivity contribution in [1.29, 1.82) is 0 Å². The molecular formula is C9H17N. The van der Waals surface area contributed by atoms with Gasteiger partial charge in [-0.1, -0.05) is 11.1 Å². The van der Waals surface area contributed by atoms with Crippen LogP contribution in [0.4, 0.5) is 0 Å². The summed E-state index contributed by atoms with van der Waals surface area (Å²) in [5, 5.41) is 3.17. The summed E-state index contributed by atoms with van der Waals surface area (Å²) in [5.41, 5.74) is 3.34. The van der Waals surface area contributed by atoms with Crippen LogP contribution in [-0.2, 0) is 0 Å². The zero-order chi connectivity index (χ0) is 7.40. The molecule has 1 fully saturated rings. The van der Waals surface area contributed by atoms with E-state index in [0.29, 0.717) is 0 Å². The number of nitrogens with one attached hydrogen (secondary N) is 1. The summed E-state index contributed by atoms with van der Waals surface area (Å²) in [6, 6.07) is 0. The molecule has 1 aliphatic carbocycles. The largest absolute Gasteiger partial charge is 0.319 e. The Labute approximate surface area is 63.5 Å². The van der Waals surface area contributed by atoms with Gasteiger partial charge in [0.15, 0.2) is 0 Å². The Balaban J connectivity index is 2.25. The molecular weight excluding hydrogens is 122 g/mol. The van der Waals surface area contributed by atoms with Crippen LogP contribution in [0.1, 0.15) is 32.6 Å². The second-order valence-electron chi connectivity index (χ2n) is 3.09. The van der Waals surface area contributed by atoms with Crippen molar-refractivity contribution in [2.75, 3.05) is 13.6 Å². The first-order valence-corrected chi connectivity index (χ1v) is 4.16. The van der Waals surface area contributed by atoms with Crippen molar-refractivity contribution >= 4 is 0 Å². The van der Waals surface area contributed by atoms with Crippen LogP contribution >= 0.6 is 0 Å². The molecule has 1 saturated carbocycles. The first-order chi connectivity index (χ1) is 4.84. The lowest BCUT2D eigenvalue weighted by molar-refractivity contribution is 0.636. The van der Waals surface area contributed by atoms with Crippen LogP contribution in [-0.4, -0.2) is 13.6 Å². The predicted molar refractivity (Wildman–Crippen MR) is 45.1 cm³/mol. The number of hydrogen-bond donors (Lipinski definition) is 1. The fourth-order valence-electron chi connectivity index (χ4n) is 1.27. The molecule has 0 unspecified atom stereocenters. The summed E-state index contributed by atoms with van der Waals surface area (Å²) in [7, 11) is 2.01. The van der Waals surface area contributed by atoms with Gasteiger partial charge in [-0.2, -0.15) is 0 Å². The maximum absolute atomic E-state index is 3.17. The van der Waals surface area contributed by atoms with E-state index >= 15 is 0 Å². The summed E-state index contributed by atoms with van der Waals surface area (Å²) >= 11 is 0. The van der Waals surface area contributed by atoms with E-state index in [1.807, 2.05) is 7.05 Å². The molecule has 0 aliphatic heterocycles. The van der Waals surface area contributed by atoms with E-state index in [2.05, 4.69) is 12.2 Å². The van der Waals surface area contributed by atoms with Gasteiger partial charge in [-0.3, -0.25) is 0 Å². The molecule has 0 radical (unpaired) electrons. The topological polar surface area (TPSA) is 12.0 Å². The number of rotatable bonds is 3. The molecule has 0 bridgehead atoms. The maximum Gasteiger partial charge on any atom is -0.00146 e. The number of allylic oxidation sites excluding steroid dienone is 1. The van der Waals surface area contributed by atoms with Gasteiger partial charge in [0, 0.05) is 0 Å². The van der Waals surface area contributed by atoms with E-state index < -0.39 is 0 Å². The second kappa shape index (κ2) is 3.77. The smallest absolute Gasteiger partial charge is 0.00146 e. The fourth-order valence-corrected chi connectivity index (χ4v) is 1.27. The fraction of sp³-hybridized carbons (Fsp3) is 0.778. The summed E-state index contributed by atoms with van der Waals surface area (Å²) < 4.78 is 0. The van der Waals surface area contributed by atoms with Crippen LogP contribution in [0.5, 0.6) is 0 Å². The molecule has 0 saturated heterocycles. The van der Waals surface area contributed by atoms with Crippen molar-refractivity contribution in [3.05, 3.63) is 11.1 Å². The van der Waals surface area contributed by atoms with Crippen molar-refractivity contribution in [2.45, 2.75) is 32.6 Å². The Kier molecular flexibility index (Phi) is 2.94. The molecule has 0 aromatic rings. The Morgan fingerprint density at radius 2 is 2.20 bits per heavy atom. The van der Waals surface area contributed by atoms with Crippen LogP contribution in [0.2, 0.25) is 0 Å². The molecule has 1 heteroatoms. The van der Waals surface area contributed by atoms with Crippen LogP contribution in [0, 0.1) is 0 Å². The monoisotopic (exact) mass is 139 g/mol. The molecule has 1 nitrogen and oxygen atoms in total. The highest BCUT2D eigenvalue weighted by Gasteiger charge is 2.10. The molecule has 1 N–H and O–H groups in total. The van der Waals surface area contributed by atoms with Crippen molar-refractivity contribution in [3.8, 4) is 0 Å². The average molecular weight is 139 g/mol. The zero-order valence-electron chi connectivity index (χ0n) is 7.04. The Morgan fingerprint density at radius 1 is 1.50 bits per heavy atom. The van der Waals surface area contributed by atoms with Gasteiger partial charge in [-0.05, 0) is 46.2 Å². The van der Waals surface area contributed by atoms with Crippen molar-refractivity contribution in [3.63, 3.8) is 0 Å². The quantitative estimate of drug-likeness (QED) is 0.590. The van der Waals surface area contributed by atoms with Gasteiger partial charge >= 0.3 is 0 Å². The highest BCUT2D eigenvalue weighted by atomic mass is 14.8. The van der Waals surface area contributed by atoms with Gasteiger partial charge in [0.05, 0.1) is 0 Å². The summed E-state index contributed by atoms with van der Waals surface area (Å²) in [6.45, 7) is 3.40. The van der Waals surface area contributed by atoms with Crippen molar-refractivity contribution in [2.24, 2.45) is 0 Å². The normalized spacial score (nSPS) is 16.8. The van der Waals surface area contributed by atoms with Gasteiger partial charge in [0.2, 0.25) is 0 Å². The molecule has 58 valence electrons. The lowest BCUT2D eigenvalue weighted by atomic mass is 9.87. The lowest BCUT2D eigenvalue weighted by Gasteiger charge is -2.19. The van der Waals surface area contributed by atoms with Crippen LogP contribution in [0.3, 0.4) is 0 Å². The van der Waals surface area contributed by atoms with Crippen molar-refractivity contribution < 1.29 is 0 Å². The lowest BCUT2D eigenvalue weighted by Crippen LogP contribution is -2.10. The summed E-state index contributed by atoms with van der Waals surface area (Å²) in [6.07, 6.45) is 5.41. The molecule has 0 aromatic carbocycles. The van der Waals surface area contributed by atoms with Crippen molar-refractivity contribution in [1.82, 2.24) is 5.32 Å². The minimum Gasteiger partial charge on any atom is -0.319 e. The summed E-state index contributed by atoms with van der Waals surface area (Å²) in [4.78, 5) is 0. The molecule has 0 amide bonds. The first kappa shape index (κ1) is 7.80. The van der Waals surface area contributed by atoms with E-state index in [4.69, 9.17) is 0 Å². The number of hydrogen-bond acceptors (Lipinski definition) is 1. The van der Waals surface area contributed by atoms with Crippen LogP contribution in [0.15, 0.2) is 11.1 Å². The average Bonchev–Trinajstić information content (AvgIpc) is 1.79. The second-order valence-corrected chi connectivity index (χ2v) is 3.09. The molecule has 0 heterocycles. The highest BCUT2D eigenvalue weighted by Crippen LogP contribution is 2.29. The standard InChI is InChI=1S/C9H17N/c1-8(6-7-10-2)9-4-3-5-9/h10H,3-7H2,1-2H3. The Morgan fingerprint density at radius 3 is 2.60 bits per heavy atom. The van der Waals surface area contributed by atoms with E-state index in [9.17, 15) is 0 Å². The van der Waals surface area contributed by atoms with E-state index in [0.717, 1.165) is 6.54 Å². The predicted octanol–water partition coefficient (Wildman–Crippen LogP) is 2.10. The molecule has 1 aliphatic rings. The molecule has 0 atom stereocenters. The maximum atomic E-state index is 3.17. The van der Waals surface area contributed by atoms with Crippen LogP contribution in [0.25, 0.3) is 0 Å². The Hall–Kier alpha value is -0.300. The van der Waals surface area contributed by atoms with E-state index in [1.54, 1.807) is 11.1 Å². The van der Waals surface area contributed by atoms with Gasteiger partial charge in [-0.25, -0.2) is 0 Å². The SMILES string of the molecule is CNCCC(C)=C1CCC1. The first-order valence-electron chi connectivity index (χ1n) is 4.16. The van der Waals surface area contributed by atoms with Gasteiger partial charge < -0.3 is 5.32 Å². The molecule has 0 spiro atoms. The Bertz CT molecular complexity index is 130. The van der Waals surface area contributed by atoms with Crippen LogP contribution < -0.4 is 5.32 Å². The third-order valence-electron chi connectivity index (χ3n) is 2.31. The van der Waals surface area contributed by atoms with Gasteiger partial charge in [0.25, 0.3) is 0 Å². The summed E-state index contributed by atoms with van der Waals surface area (Å²) in [5.74, 6) is 0. The minimum atomic E-state index is 1.13. The molecule has 10 heavy (non-hydrogen) atoms. The zero-order valence-corrected chi connectivity index (χ0v) is 7.04. The van der Waals surface area contributed by atoms with E-state index in [1.165, 1.54) is 25.7 Å². The highest BCUT2D eigenvalue weighted by molar-refractivity contribution is 5.17. The third-order valence-corrected chi connectivity index (χ3v) is 2.31. The third kappa shape index (κ3) is 1.84. The molecule has 1 rings (SSSR count).